The third-order valence-corrected chi connectivity index (χ3v) is 4.22. The number of rotatable bonds is 4. The van der Waals surface area contributed by atoms with Crippen LogP contribution in [0, 0.1) is 0 Å². The molecule has 0 aromatic carbocycles. The minimum absolute atomic E-state index is 0.496. The Morgan fingerprint density at radius 1 is 1.50 bits per heavy atom. The molecule has 1 fully saturated rings. The molecule has 0 saturated carbocycles. The standard InChI is InChI=1S/C11H15ClOS/c1-3-8-9(13-8)6-7(2)10-4-5-11(12)14-10/h4-5,7-9H,3,6H2,1-2H3. The van der Waals surface area contributed by atoms with Crippen molar-refractivity contribution in [3.8, 4) is 0 Å². The van der Waals surface area contributed by atoms with Crippen molar-refractivity contribution < 1.29 is 4.74 Å². The number of ether oxygens (including phenoxy) is 1. The number of halogens is 1. The molecule has 0 N–H and O–H groups in total. The molecule has 0 spiro atoms. The van der Waals surface area contributed by atoms with Crippen molar-refractivity contribution in [2.24, 2.45) is 0 Å². The van der Waals surface area contributed by atoms with Crippen LogP contribution in [0.5, 0.6) is 0 Å². The molecule has 2 rings (SSSR count). The Labute approximate surface area is 94.0 Å². The van der Waals surface area contributed by atoms with Crippen LogP contribution in [0.1, 0.15) is 37.5 Å². The molecule has 1 aromatic rings. The van der Waals surface area contributed by atoms with Crippen LogP contribution in [-0.4, -0.2) is 12.2 Å². The van der Waals surface area contributed by atoms with Gasteiger partial charge in [0, 0.05) is 4.88 Å². The summed E-state index contributed by atoms with van der Waals surface area (Å²) in [5, 5.41) is 0. The zero-order chi connectivity index (χ0) is 10.1. The number of hydrogen-bond donors (Lipinski definition) is 0. The van der Waals surface area contributed by atoms with E-state index in [1.165, 1.54) is 4.88 Å². The molecule has 1 aliphatic heterocycles. The molecule has 0 amide bonds. The third-order valence-electron chi connectivity index (χ3n) is 2.76. The molecule has 2 heterocycles. The lowest BCUT2D eigenvalue weighted by Gasteiger charge is -2.05. The van der Waals surface area contributed by atoms with Crippen LogP contribution in [0.3, 0.4) is 0 Å². The van der Waals surface area contributed by atoms with Crippen LogP contribution in [0.2, 0.25) is 4.34 Å². The van der Waals surface area contributed by atoms with Crippen molar-refractivity contribution in [3.05, 3.63) is 21.3 Å². The molecule has 3 atom stereocenters. The largest absolute Gasteiger partial charge is 0.370 e. The topological polar surface area (TPSA) is 12.5 Å². The van der Waals surface area contributed by atoms with Gasteiger partial charge < -0.3 is 4.74 Å². The van der Waals surface area contributed by atoms with E-state index in [1.54, 1.807) is 11.3 Å². The van der Waals surface area contributed by atoms with E-state index >= 15 is 0 Å². The quantitative estimate of drug-likeness (QED) is 0.711. The first kappa shape index (κ1) is 10.5. The lowest BCUT2D eigenvalue weighted by Crippen LogP contribution is -1.99. The van der Waals surface area contributed by atoms with E-state index in [0.717, 1.165) is 17.2 Å². The zero-order valence-electron chi connectivity index (χ0n) is 8.50. The van der Waals surface area contributed by atoms with E-state index in [1.807, 2.05) is 6.07 Å². The minimum atomic E-state index is 0.496. The first-order valence-electron chi connectivity index (χ1n) is 5.11. The average Bonchev–Trinajstić information content (AvgIpc) is 2.77. The maximum Gasteiger partial charge on any atom is 0.0931 e. The van der Waals surface area contributed by atoms with Crippen molar-refractivity contribution in [2.45, 2.75) is 44.8 Å². The van der Waals surface area contributed by atoms with Gasteiger partial charge in [0.25, 0.3) is 0 Å². The van der Waals surface area contributed by atoms with Crippen LogP contribution in [0.4, 0.5) is 0 Å². The van der Waals surface area contributed by atoms with Gasteiger partial charge in [-0.25, -0.2) is 0 Å². The van der Waals surface area contributed by atoms with Gasteiger partial charge in [0.2, 0.25) is 0 Å². The van der Waals surface area contributed by atoms with Gasteiger partial charge >= 0.3 is 0 Å². The van der Waals surface area contributed by atoms with Gasteiger partial charge in [-0.3, -0.25) is 0 Å². The van der Waals surface area contributed by atoms with Crippen molar-refractivity contribution in [1.82, 2.24) is 0 Å². The molecular weight excluding hydrogens is 216 g/mol. The fourth-order valence-electron chi connectivity index (χ4n) is 1.80. The first-order chi connectivity index (χ1) is 6.70. The number of thiophene rings is 1. The van der Waals surface area contributed by atoms with Crippen LogP contribution >= 0.6 is 22.9 Å². The minimum Gasteiger partial charge on any atom is -0.370 e. The lowest BCUT2D eigenvalue weighted by atomic mass is 10.0. The Bertz CT molecular complexity index is 310. The molecule has 14 heavy (non-hydrogen) atoms. The summed E-state index contributed by atoms with van der Waals surface area (Å²) in [5.74, 6) is 0.578. The maximum absolute atomic E-state index is 5.90. The highest BCUT2D eigenvalue weighted by Gasteiger charge is 2.37. The second kappa shape index (κ2) is 4.21. The Balaban J connectivity index is 1.87. The molecule has 78 valence electrons. The average molecular weight is 231 g/mol. The van der Waals surface area contributed by atoms with Gasteiger partial charge in [-0.1, -0.05) is 25.4 Å². The van der Waals surface area contributed by atoms with Crippen molar-refractivity contribution >= 4 is 22.9 Å². The normalized spacial score (nSPS) is 27.6. The van der Waals surface area contributed by atoms with Crippen LogP contribution < -0.4 is 0 Å². The monoisotopic (exact) mass is 230 g/mol. The van der Waals surface area contributed by atoms with Crippen molar-refractivity contribution in [1.29, 1.82) is 0 Å². The summed E-state index contributed by atoms with van der Waals surface area (Å²) in [6.45, 7) is 4.42. The molecular formula is C11H15ClOS. The fraction of sp³-hybridized carbons (Fsp3) is 0.636. The number of hydrogen-bond acceptors (Lipinski definition) is 2. The molecule has 1 aliphatic rings. The lowest BCUT2D eigenvalue weighted by molar-refractivity contribution is 0.353. The van der Waals surface area contributed by atoms with Gasteiger partial charge in [0.05, 0.1) is 16.5 Å². The SMILES string of the molecule is CCC1OC1CC(C)c1ccc(Cl)s1. The molecule has 1 aromatic heterocycles. The van der Waals surface area contributed by atoms with Gasteiger partial charge in [0.1, 0.15) is 0 Å². The molecule has 3 heteroatoms. The number of epoxide rings is 1. The van der Waals surface area contributed by atoms with E-state index in [9.17, 15) is 0 Å². The van der Waals surface area contributed by atoms with Gasteiger partial charge in [0.15, 0.2) is 0 Å². The summed E-state index contributed by atoms with van der Waals surface area (Å²) < 4.78 is 6.42. The second-order valence-electron chi connectivity index (χ2n) is 3.90. The maximum atomic E-state index is 5.90. The van der Waals surface area contributed by atoms with E-state index in [2.05, 4.69) is 19.9 Å². The summed E-state index contributed by atoms with van der Waals surface area (Å²) in [6, 6.07) is 4.10. The van der Waals surface area contributed by atoms with Gasteiger partial charge in [-0.15, -0.1) is 11.3 Å². The Morgan fingerprint density at radius 2 is 2.29 bits per heavy atom. The smallest absolute Gasteiger partial charge is 0.0931 e. The summed E-state index contributed by atoms with van der Waals surface area (Å²) in [7, 11) is 0. The van der Waals surface area contributed by atoms with Crippen molar-refractivity contribution in [2.75, 3.05) is 0 Å². The fourth-order valence-corrected chi connectivity index (χ4v) is 2.93. The van der Waals surface area contributed by atoms with Crippen LogP contribution in [-0.2, 0) is 4.74 Å². The molecule has 0 bridgehead atoms. The van der Waals surface area contributed by atoms with Crippen molar-refractivity contribution in [3.63, 3.8) is 0 Å². The molecule has 0 aliphatic carbocycles. The molecule has 3 unspecified atom stereocenters. The molecule has 1 saturated heterocycles. The summed E-state index contributed by atoms with van der Waals surface area (Å²) in [5.41, 5.74) is 0. The summed E-state index contributed by atoms with van der Waals surface area (Å²) >= 11 is 7.58. The van der Waals surface area contributed by atoms with E-state index in [0.29, 0.717) is 18.1 Å². The highest BCUT2D eigenvalue weighted by atomic mass is 35.5. The Morgan fingerprint density at radius 3 is 2.79 bits per heavy atom. The van der Waals surface area contributed by atoms with E-state index < -0.39 is 0 Å². The highest BCUT2D eigenvalue weighted by Crippen LogP contribution is 2.37. The zero-order valence-corrected chi connectivity index (χ0v) is 10.1. The first-order valence-corrected chi connectivity index (χ1v) is 6.30. The van der Waals surface area contributed by atoms with E-state index in [4.69, 9.17) is 16.3 Å². The van der Waals surface area contributed by atoms with Crippen LogP contribution in [0.15, 0.2) is 12.1 Å². The van der Waals surface area contributed by atoms with Gasteiger partial charge in [-0.05, 0) is 30.9 Å². The predicted octanol–water partition coefficient (Wildman–Crippen LogP) is 4.07. The third kappa shape index (κ3) is 2.30. The summed E-state index contributed by atoms with van der Waals surface area (Å²) in [4.78, 5) is 1.38. The second-order valence-corrected chi connectivity index (χ2v) is 5.65. The molecule has 0 radical (unpaired) electrons. The predicted molar refractivity (Wildman–Crippen MR) is 61.3 cm³/mol. The molecule has 1 nitrogen and oxygen atoms in total. The van der Waals surface area contributed by atoms with E-state index in [-0.39, 0.29) is 0 Å². The summed E-state index contributed by atoms with van der Waals surface area (Å²) in [6.07, 6.45) is 3.29. The van der Waals surface area contributed by atoms with Crippen LogP contribution in [0.25, 0.3) is 0 Å². The van der Waals surface area contributed by atoms with Gasteiger partial charge in [-0.2, -0.15) is 0 Å². The Kier molecular flexibility index (Phi) is 3.15. The highest BCUT2D eigenvalue weighted by molar-refractivity contribution is 7.16. The Hall–Kier alpha value is -0.0500.